The molecule has 4 rings (SSSR count). The van der Waals surface area contributed by atoms with Gasteiger partial charge in [0.25, 0.3) is 5.91 Å². The molecule has 2 aromatic carbocycles. The Morgan fingerprint density at radius 1 is 0.929 bits per heavy atom. The zero-order valence-corrected chi connectivity index (χ0v) is 16.1. The number of ether oxygens (including phenoxy) is 1. The molecule has 2 aromatic rings. The highest BCUT2D eigenvalue weighted by molar-refractivity contribution is 6.22. The molecule has 2 aliphatic rings. The van der Waals surface area contributed by atoms with Crippen LogP contribution in [-0.4, -0.2) is 55.5 Å². The van der Waals surface area contributed by atoms with Crippen molar-refractivity contribution in [2.24, 2.45) is 0 Å². The number of benzene rings is 2. The fourth-order valence-electron chi connectivity index (χ4n) is 4.02. The average molecular weight is 379 g/mol. The van der Waals surface area contributed by atoms with Crippen molar-refractivity contribution in [3.8, 4) is 5.75 Å². The van der Waals surface area contributed by atoms with E-state index in [0.717, 1.165) is 37.6 Å². The Balaban J connectivity index is 1.43. The molecular formula is C22H25N3O3. The van der Waals surface area contributed by atoms with Crippen molar-refractivity contribution >= 4 is 23.2 Å². The number of amides is 2. The number of carbonyl (C=O) groups excluding carboxylic acids is 2. The highest BCUT2D eigenvalue weighted by atomic mass is 16.5. The Kier molecular flexibility index (Phi) is 5.30. The fraction of sp³-hybridized carbons (Fsp3) is 0.364. The summed E-state index contributed by atoms with van der Waals surface area (Å²) in [6, 6.07) is 16.9. The Morgan fingerprint density at radius 2 is 1.61 bits per heavy atom. The molecule has 2 aliphatic heterocycles. The number of anilines is 2. The van der Waals surface area contributed by atoms with E-state index in [1.165, 1.54) is 4.90 Å². The van der Waals surface area contributed by atoms with E-state index < -0.39 is 0 Å². The second kappa shape index (κ2) is 8.02. The van der Waals surface area contributed by atoms with Crippen LogP contribution < -0.4 is 14.5 Å². The summed E-state index contributed by atoms with van der Waals surface area (Å²) in [6.45, 7) is 5.70. The molecule has 2 amide bonds. The number of piperazine rings is 1. The minimum absolute atomic E-state index is 0.112. The lowest BCUT2D eigenvalue weighted by Gasteiger charge is -2.38. The van der Waals surface area contributed by atoms with Crippen LogP contribution in [0.15, 0.2) is 54.6 Å². The van der Waals surface area contributed by atoms with Gasteiger partial charge in [-0.1, -0.05) is 30.3 Å². The van der Waals surface area contributed by atoms with Crippen molar-refractivity contribution in [1.82, 2.24) is 4.90 Å². The van der Waals surface area contributed by atoms with Gasteiger partial charge in [0.05, 0.1) is 30.4 Å². The van der Waals surface area contributed by atoms with Crippen molar-refractivity contribution in [2.75, 3.05) is 42.6 Å². The third-order valence-corrected chi connectivity index (χ3v) is 5.40. The number of nitrogens with zero attached hydrogens (tertiary/aromatic N) is 3. The molecule has 28 heavy (non-hydrogen) atoms. The molecule has 6 heteroatoms. The average Bonchev–Trinajstić information content (AvgIpc) is 3.03. The summed E-state index contributed by atoms with van der Waals surface area (Å²) >= 11 is 0. The van der Waals surface area contributed by atoms with Crippen LogP contribution in [0.3, 0.4) is 0 Å². The number of imide groups is 1. The minimum atomic E-state index is -0.364. The lowest BCUT2D eigenvalue weighted by molar-refractivity contribution is -0.123. The molecule has 0 bridgehead atoms. The first-order valence-corrected chi connectivity index (χ1v) is 9.81. The van der Waals surface area contributed by atoms with Crippen LogP contribution in [0.1, 0.15) is 13.3 Å². The Bertz CT molecular complexity index is 847. The molecular weight excluding hydrogens is 354 g/mol. The molecule has 2 heterocycles. The Hall–Kier alpha value is -2.86. The van der Waals surface area contributed by atoms with Gasteiger partial charge >= 0.3 is 0 Å². The van der Waals surface area contributed by atoms with Gasteiger partial charge in [0, 0.05) is 26.2 Å². The molecule has 146 valence electrons. The Morgan fingerprint density at radius 3 is 2.32 bits per heavy atom. The number of hydrogen-bond acceptors (Lipinski definition) is 5. The molecule has 2 saturated heterocycles. The molecule has 6 nitrogen and oxygen atoms in total. The SMILES string of the molecule is CCOc1ccccc1N1CCN([C@@H]2CC(=O)N(c3ccccc3)C2=O)CC1. The standard InChI is InChI=1S/C22H25N3O3/c1-2-28-20-11-7-6-10-18(20)23-12-14-24(15-13-23)19-16-21(26)25(22(19)27)17-8-4-3-5-9-17/h3-11,19H,2,12-16H2,1H3/t19-/m1/s1. The topological polar surface area (TPSA) is 53.1 Å². The summed E-state index contributed by atoms with van der Waals surface area (Å²) in [5.74, 6) is 0.658. The van der Waals surface area contributed by atoms with Crippen LogP contribution in [0.25, 0.3) is 0 Å². The van der Waals surface area contributed by atoms with Crippen molar-refractivity contribution in [3.63, 3.8) is 0 Å². The van der Waals surface area contributed by atoms with Crippen molar-refractivity contribution < 1.29 is 14.3 Å². The van der Waals surface area contributed by atoms with Gasteiger partial charge in [-0.3, -0.25) is 14.5 Å². The van der Waals surface area contributed by atoms with Crippen LogP contribution in [-0.2, 0) is 9.59 Å². The summed E-state index contributed by atoms with van der Waals surface area (Å²) in [7, 11) is 0. The van der Waals surface area contributed by atoms with Gasteiger partial charge in [0.1, 0.15) is 5.75 Å². The van der Waals surface area contributed by atoms with E-state index in [1.54, 1.807) is 12.1 Å². The number of carbonyl (C=O) groups is 2. The first kappa shape index (κ1) is 18.5. The van der Waals surface area contributed by atoms with Gasteiger partial charge in [0.15, 0.2) is 0 Å². The summed E-state index contributed by atoms with van der Waals surface area (Å²) in [6.07, 6.45) is 0.253. The molecule has 0 aromatic heterocycles. The molecule has 0 N–H and O–H groups in total. The molecule has 1 atom stereocenters. The second-order valence-electron chi connectivity index (χ2n) is 7.05. The minimum Gasteiger partial charge on any atom is -0.492 e. The lowest BCUT2D eigenvalue weighted by atomic mass is 10.1. The van der Waals surface area contributed by atoms with Crippen molar-refractivity contribution in [1.29, 1.82) is 0 Å². The summed E-state index contributed by atoms with van der Waals surface area (Å²) < 4.78 is 5.75. The molecule has 0 unspecified atom stereocenters. The lowest BCUT2D eigenvalue weighted by Crippen LogP contribution is -2.52. The number of hydrogen-bond donors (Lipinski definition) is 0. The molecule has 0 aliphatic carbocycles. The molecule has 0 spiro atoms. The summed E-state index contributed by atoms with van der Waals surface area (Å²) in [4.78, 5) is 31.2. The highest BCUT2D eigenvalue weighted by Gasteiger charge is 2.43. The predicted octanol–water partition coefficient (Wildman–Crippen LogP) is 2.54. The van der Waals surface area contributed by atoms with E-state index in [0.29, 0.717) is 12.3 Å². The maximum Gasteiger partial charge on any atom is 0.251 e. The number of rotatable bonds is 5. The van der Waals surface area contributed by atoms with Crippen molar-refractivity contribution in [2.45, 2.75) is 19.4 Å². The maximum atomic E-state index is 12.9. The quantitative estimate of drug-likeness (QED) is 0.748. The van der Waals surface area contributed by atoms with Crippen LogP contribution in [0, 0.1) is 0 Å². The Labute approximate surface area is 165 Å². The number of para-hydroxylation sites is 3. The zero-order chi connectivity index (χ0) is 19.5. The highest BCUT2D eigenvalue weighted by Crippen LogP contribution is 2.30. The molecule has 2 fully saturated rings. The normalized spacial score (nSPS) is 20.7. The van der Waals surface area contributed by atoms with E-state index in [1.807, 2.05) is 43.3 Å². The van der Waals surface area contributed by atoms with Crippen LogP contribution >= 0.6 is 0 Å². The van der Waals surface area contributed by atoms with Gasteiger partial charge in [-0.2, -0.15) is 0 Å². The van der Waals surface area contributed by atoms with E-state index >= 15 is 0 Å². The summed E-state index contributed by atoms with van der Waals surface area (Å²) in [5.41, 5.74) is 1.74. The van der Waals surface area contributed by atoms with Crippen LogP contribution in [0.2, 0.25) is 0 Å². The first-order valence-electron chi connectivity index (χ1n) is 9.81. The van der Waals surface area contributed by atoms with Gasteiger partial charge in [-0.25, -0.2) is 4.90 Å². The van der Waals surface area contributed by atoms with E-state index in [2.05, 4.69) is 15.9 Å². The van der Waals surface area contributed by atoms with E-state index in [4.69, 9.17) is 4.74 Å². The molecule has 0 saturated carbocycles. The van der Waals surface area contributed by atoms with Gasteiger partial charge in [-0.15, -0.1) is 0 Å². The van der Waals surface area contributed by atoms with Crippen LogP contribution in [0.4, 0.5) is 11.4 Å². The van der Waals surface area contributed by atoms with Gasteiger partial charge in [-0.05, 0) is 31.2 Å². The third-order valence-electron chi connectivity index (χ3n) is 5.40. The fourth-order valence-corrected chi connectivity index (χ4v) is 4.02. The smallest absolute Gasteiger partial charge is 0.251 e. The third kappa shape index (κ3) is 3.47. The van der Waals surface area contributed by atoms with E-state index in [-0.39, 0.29) is 24.3 Å². The van der Waals surface area contributed by atoms with Gasteiger partial charge in [0.2, 0.25) is 5.91 Å². The largest absolute Gasteiger partial charge is 0.492 e. The second-order valence-corrected chi connectivity index (χ2v) is 7.05. The maximum absolute atomic E-state index is 12.9. The van der Waals surface area contributed by atoms with Crippen LogP contribution in [0.5, 0.6) is 5.75 Å². The zero-order valence-electron chi connectivity index (χ0n) is 16.1. The first-order chi connectivity index (χ1) is 13.7. The van der Waals surface area contributed by atoms with Crippen molar-refractivity contribution in [3.05, 3.63) is 54.6 Å². The molecule has 0 radical (unpaired) electrons. The van der Waals surface area contributed by atoms with Gasteiger partial charge < -0.3 is 9.64 Å². The van der Waals surface area contributed by atoms with E-state index in [9.17, 15) is 9.59 Å². The monoisotopic (exact) mass is 379 g/mol. The summed E-state index contributed by atoms with van der Waals surface area (Å²) in [5, 5.41) is 0. The predicted molar refractivity (Wildman–Crippen MR) is 109 cm³/mol.